The van der Waals surface area contributed by atoms with Crippen LogP contribution in [-0.4, -0.2) is 96.8 Å². The Hall–Kier alpha value is 0.490. The number of aliphatic hydroxyl groups is 6. The maximum absolute atomic E-state index is 10.6. The number of rotatable bonds is 16. The molecule has 0 radical (unpaired) electrons. The van der Waals surface area contributed by atoms with Crippen molar-refractivity contribution in [3.8, 4) is 0 Å². The van der Waals surface area contributed by atoms with E-state index >= 15 is 0 Å². The molecule has 160 valence electrons. The average molecular weight is 423 g/mol. The van der Waals surface area contributed by atoms with Crippen LogP contribution in [0.2, 0.25) is 0 Å². The van der Waals surface area contributed by atoms with Crippen LogP contribution >= 0.6 is 0 Å². The van der Waals surface area contributed by atoms with Gasteiger partial charge in [0.2, 0.25) is 5.79 Å². The Kier molecular flexibility index (Phi) is 15.9. The second kappa shape index (κ2) is 14.5. The maximum atomic E-state index is 10.6. The molecule has 0 spiro atoms. The number of hydrogen-bond donors (Lipinski definition) is 7. The number of carboxylic acids is 1. The zero-order valence-corrected chi connectivity index (χ0v) is 15.7. The van der Waals surface area contributed by atoms with Crippen LogP contribution in [0.3, 0.4) is 0 Å². The molecule has 0 aromatic rings. The van der Waals surface area contributed by atoms with Crippen LogP contribution in [0.25, 0.3) is 0 Å². The van der Waals surface area contributed by atoms with E-state index in [1.165, 1.54) is 38.5 Å². The van der Waals surface area contributed by atoms with Crippen LogP contribution in [0.15, 0.2) is 0 Å². The van der Waals surface area contributed by atoms with E-state index in [4.69, 9.17) is 5.11 Å². The summed E-state index contributed by atoms with van der Waals surface area (Å²) in [5.41, 5.74) is 0. The van der Waals surface area contributed by atoms with Crippen molar-refractivity contribution in [2.45, 2.75) is 108 Å². The molecule has 0 saturated carbocycles. The van der Waals surface area contributed by atoms with Gasteiger partial charge < -0.3 is 35.7 Å². The number of unbranched alkanes of at least 4 members (excludes halogenated alkanes) is 11. The van der Waals surface area contributed by atoms with Gasteiger partial charge in [0, 0.05) is 6.42 Å². The van der Waals surface area contributed by atoms with E-state index in [2.05, 4.69) is 6.92 Å². The monoisotopic (exact) mass is 422 g/mol. The Morgan fingerprint density at radius 1 is 0.667 bits per heavy atom. The summed E-state index contributed by atoms with van der Waals surface area (Å²) in [6.45, 7) is 2.19. The normalized spacial score (nSPS) is 12.7. The Bertz CT molecular complexity index is 399. The molecular weight excluding hydrogens is 384 g/mol. The molecule has 0 unspecified atom stereocenters. The second-order valence-electron chi connectivity index (χ2n) is 7.11. The van der Waals surface area contributed by atoms with Crippen molar-refractivity contribution >= 4 is 43.7 Å². The second-order valence-corrected chi connectivity index (χ2v) is 7.11. The molecule has 0 saturated heterocycles. The molecule has 0 fully saturated rings. The molecule has 0 aliphatic carbocycles. The Balaban J connectivity index is 0. The van der Waals surface area contributed by atoms with Gasteiger partial charge in [0.1, 0.15) is 0 Å². The molecule has 0 aromatic heterocycles. The summed E-state index contributed by atoms with van der Waals surface area (Å²) in [5.74, 6) is -13.9. The fourth-order valence-electron chi connectivity index (χ4n) is 2.82. The summed E-state index contributed by atoms with van der Waals surface area (Å²) in [5, 5.41) is 65.2. The van der Waals surface area contributed by atoms with E-state index in [1.54, 1.807) is 0 Å². The quantitative estimate of drug-likeness (QED) is 0.106. The molecule has 0 atom stereocenters. The third-order valence-electron chi connectivity index (χ3n) is 4.72. The third-order valence-corrected chi connectivity index (χ3v) is 4.72. The van der Waals surface area contributed by atoms with E-state index in [0.29, 0.717) is 6.42 Å². The van der Waals surface area contributed by atoms with Gasteiger partial charge in [-0.15, -0.1) is 0 Å². The van der Waals surface area contributed by atoms with Crippen LogP contribution < -0.4 is 0 Å². The first-order valence-corrected chi connectivity index (χ1v) is 9.58. The van der Waals surface area contributed by atoms with Crippen molar-refractivity contribution in [2.24, 2.45) is 0 Å². The van der Waals surface area contributed by atoms with Gasteiger partial charge >= 0.3 is 49.5 Å². The van der Waals surface area contributed by atoms with Gasteiger partial charge in [0.25, 0.3) is 5.79 Å². The van der Waals surface area contributed by atoms with E-state index in [-0.39, 0.29) is 44.2 Å². The minimum atomic E-state index is -4.10. The zero-order chi connectivity index (χ0) is 20.3. The molecule has 27 heavy (non-hydrogen) atoms. The molecule has 7 N–H and O–H groups in total. The Morgan fingerprint density at radius 2 is 1.00 bits per heavy atom. The Labute approximate surface area is 191 Å². The van der Waals surface area contributed by atoms with Gasteiger partial charge in [-0.1, -0.05) is 77.6 Å². The molecule has 9 heteroatoms. The summed E-state index contributed by atoms with van der Waals surface area (Å²) >= 11 is 0. The van der Waals surface area contributed by atoms with Gasteiger partial charge in [-0.2, -0.15) is 0 Å². The van der Waals surface area contributed by atoms with Gasteiger partial charge in [0.15, 0.2) is 0 Å². The molecule has 0 heterocycles. The van der Waals surface area contributed by atoms with Gasteiger partial charge in [0.05, 0.1) is 0 Å². The van der Waals surface area contributed by atoms with Crippen LogP contribution in [0.5, 0.6) is 0 Å². The molecular formula is C18H38CaO8. The topological polar surface area (TPSA) is 159 Å². The minimum absolute atomic E-state index is 0. The van der Waals surface area contributed by atoms with Crippen LogP contribution in [-0.2, 0) is 4.79 Å². The number of aliphatic carboxylic acids is 1. The third kappa shape index (κ3) is 10.2. The fraction of sp³-hybridized carbons (Fsp3) is 0.944. The van der Waals surface area contributed by atoms with Crippen LogP contribution in [0, 0.1) is 0 Å². The molecule has 0 bridgehead atoms. The zero-order valence-electron chi connectivity index (χ0n) is 15.7. The predicted molar refractivity (Wildman–Crippen MR) is 103 cm³/mol. The van der Waals surface area contributed by atoms with Crippen molar-refractivity contribution in [3.05, 3.63) is 0 Å². The summed E-state index contributed by atoms with van der Waals surface area (Å²) in [7, 11) is 0. The molecule has 0 aliphatic heterocycles. The SMILES string of the molecule is CCCCCCCCCCCCCCC(O)(O)C(O)(O)C(O)(O)C(=O)O.[CaH2]. The number of hydrogen-bond acceptors (Lipinski definition) is 7. The number of carbonyl (C=O) groups is 1. The van der Waals surface area contributed by atoms with E-state index in [9.17, 15) is 35.4 Å². The van der Waals surface area contributed by atoms with Crippen molar-refractivity contribution in [3.63, 3.8) is 0 Å². The first-order chi connectivity index (χ1) is 12.0. The molecule has 0 amide bonds. The van der Waals surface area contributed by atoms with Crippen LogP contribution in [0.4, 0.5) is 0 Å². The molecule has 8 nitrogen and oxygen atoms in total. The van der Waals surface area contributed by atoms with Crippen molar-refractivity contribution in [1.29, 1.82) is 0 Å². The molecule has 0 aliphatic rings. The van der Waals surface area contributed by atoms with Gasteiger partial charge in [-0.05, 0) is 6.42 Å². The first kappa shape index (κ1) is 29.7. The van der Waals surface area contributed by atoms with E-state index in [1.807, 2.05) is 0 Å². The summed E-state index contributed by atoms with van der Waals surface area (Å²) in [6, 6.07) is 0. The summed E-state index contributed by atoms with van der Waals surface area (Å²) in [6.07, 6.45) is 11.7. The van der Waals surface area contributed by atoms with Crippen molar-refractivity contribution in [1.82, 2.24) is 0 Å². The summed E-state index contributed by atoms with van der Waals surface area (Å²) in [4.78, 5) is 10.6. The molecule has 0 rings (SSSR count). The van der Waals surface area contributed by atoms with Crippen LogP contribution in [0.1, 0.15) is 90.4 Å². The van der Waals surface area contributed by atoms with Gasteiger partial charge in [-0.25, -0.2) is 4.79 Å². The molecule has 0 aromatic carbocycles. The summed E-state index contributed by atoms with van der Waals surface area (Å²) < 4.78 is 0. The fourth-order valence-corrected chi connectivity index (χ4v) is 2.82. The van der Waals surface area contributed by atoms with E-state index in [0.717, 1.165) is 25.7 Å². The Morgan fingerprint density at radius 3 is 1.33 bits per heavy atom. The van der Waals surface area contributed by atoms with E-state index < -0.39 is 29.8 Å². The van der Waals surface area contributed by atoms with Crippen molar-refractivity contribution < 1.29 is 40.5 Å². The van der Waals surface area contributed by atoms with Crippen molar-refractivity contribution in [2.75, 3.05) is 0 Å². The standard InChI is InChI=1S/C18H36O8.Ca.2H/c1-2-3-4-5-6-7-8-9-10-11-12-13-14-16(21,22)18(25,26)17(23,24)15(19)20;;;/h21-26H,2-14H2,1H3,(H,19,20);;;. The predicted octanol–water partition coefficient (Wildman–Crippen LogP) is 0.289. The number of carboxylic acid groups (broad SMARTS) is 1. The first-order valence-electron chi connectivity index (χ1n) is 9.58. The average Bonchev–Trinajstić information content (AvgIpc) is 2.55. The van der Waals surface area contributed by atoms with Gasteiger partial charge in [-0.3, -0.25) is 0 Å².